The second-order valence-electron chi connectivity index (χ2n) is 7.11. The van der Waals surface area contributed by atoms with Crippen molar-refractivity contribution in [2.45, 2.75) is 39.5 Å². The Bertz CT molecular complexity index is 826. The van der Waals surface area contributed by atoms with Gasteiger partial charge in [0.2, 0.25) is 5.91 Å². The molecule has 1 aliphatic rings. The summed E-state index contributed by atoms with van der Waals surface area (Å²) in [5.41, 5.74) is 5.13. The molecule has 28 heavy (non-hydrogen) atoms. The van der Waals surface area contributed by atoms with Crippen molar-refractivity contribution in [2.24, 2.45) is 0 Å². The highest BCUT2D eigenvalue weighted by atomic mass is 16.2. The van der Waals surface area contributed by atoms with Crippen LogP contribution in [0.15, 0.2) is 42.5 Å². The van der Waals surface area contributed by atoms with Crippen LogP contribution in [0.1, 0.15) is 48.2 Å². The number of anilines is 2. The van der Waals surface area contributed by atoms with E-state index in [2.05, 4.69) is 22.8 Å². The number of rotatable bonds is 7. The lowest BCUT2D eigenvalue weighted by Gasteiger charge is -2.20. The van der Waals surface area contributed by atoms with Gasteiger partial charge in [0, 0.05) is 30.0 Å². The molecule has 1 aliphatic carbocycles. The number of carbonyl (C=O) groups excluding carboxylic acids is 2. The molecule has 0 aromatic heterocycles. The predicted octanol–water partition coefficient (Wildman–Crippen LogP) is 4.10. The van der Waals surface area contributed by atoms with Gasteiger partial charge < -0.3 is 15.5 Å². The largest absolute Gasteiger partial charge is 0.376 e. The molecule has 2 aromatic rings. The van der Waals surface area contributed by atoms with Gasteiger partial charge >= 0.3 is 0 Å². The molecule has 2 aromatic carbocycles. The molecule has 2 N–H and O–H groups in total. The van der Waals surface area contributed by atoms with E-state index in [0.717, 1.165) is 18.5 Å². The van der Waals surface area contributed by atoms with Crippen LogP contribution in [-0.2, 0) is 17.6 Å². The second-order valence-corrected chi connectivity index (χ2v) is 7.11. The summed E-state index contributed by atoms with van der Waals surface area (Å²) in [5, 5.41) is 6.17. The van der Waals surface area contributed by atoms with Gasteiger partial charge in [-0.2, -0.15) is 0 Å². The maximum Gasteiger partial charge on any atom is 0.253 e. The average molecular weight is 380 g/mol. The molecule has 0 fully saturated rings. The predicted molar refractivity (Wildman–Crippen MR) is 114 cm³/mol. The Labute approximate surface area is 167 Å². The monoisotopic (exact) mass is 379 g/mol. The lowest BCUT2D eigenvalue weighted by atomic mass is 9.90. The topological polar surface area (TPSA) is 61.4 Å². The smallest absolute Gasteiger partial charge is 0.253 e. The number of hydrogen-bond acceptors (Lipinski definition) is 3. The fourth-order valence-corrected chi connectivity index (χ4v) is 3.72. The first kappa shape index (κ1) is 19.9. The van der Waals surface area contributed by atoms with Crippen molar-refractivity contribution < 1.29 is 9.59 Å². The van der Waals surface area contributed by atoms with Gasteiger partial charge in [0.15, 0.2) is 0 Å². The van der Waals surface area contributed by atoms with Gasteiger partial charge in [-0.15, -0.1) is 0 Å². The third-order valence-corrected chi connectivity index (χ3v) is 5.30. The fraction of sp³-hybridized carbons (Fsp3) is 0.391. The van der Waals surface area contributed by atoms with Crippen LogP contribution in [0.5, 0.6) is 0 Å². The Balaban J connectivity index is 1.56. The highest BCUT2D eigenvalue weighted by molar-refractivity contribution is 5.96. The number of hydrogen-bond donors (Lipinski definition) is 2. The molecule has 0 aliphatic heterocycles. The molecule has 0 atom stereocenters. The zero-order valence-electron chi connectivity index (χ0n) is 16.8. The molecule has 2 amide bonds. The van der Waals surface area contributed by atoms with E-state index in [1.165, 1.54) is 24.0 Å². The first-order valence-electron chi connectivity index (χ1n) is 10.2. The summed E-state index contributed by atoms with van der Waals surface area (Å²) in [5.74, 6) is -0.0883. The van der Waals surface area contributed by atoms with Crippen LogP contribution in [0.25, 0.3) is 0 Å². The number of nitrogens with one attached hydrogen (secondary N) is 2. The Morgan fingerprint density at radius 2 is 1.68 bits per heavy atom. The van der Waals surface area contributed by atoms with Crippen LogP contribution in [0.4, 0.5) is 11.4 Å². The zero-order chi connectivity index (χ0) is 19.9. The highest BCUT2D eigenvalue weighted by Crippen LogP contribution is 2.27. The number of amides is 2. The summed E-state index contributed by atoms with van der Waals surface area (Å²) in [6.07, 6.45) is 4.64. The minimum Gasteiger partial charge on any atom is -0.376 e. The van der Waals surface area contributed by atoms with Gasteiger partial charge in [-0.05, 0) is 81.0 Å². The van der Waals surface area contributed by atoms with Crippen LogP contribution in [0.3, 0.4) is 0 Å². The maximum absolute atomic E-state index is 12.3. The molecular weight excluding hydrogens is 350 g/mol. The fourth-order valence-electron chi connectivity index (χ4n) is 3.72. The van der Waals surface area contributed by atoms with E-state index < -0.39 is 0 Å². The van der Waals surface area contributed by atoms with E-state index in [0.29, 0.717) is 24.3 Å². The van der Waals surface area contributed by atoms with Crippen LogP contribution < -0.4 is 10.6 Å². The first-order valence-corrected chi connectivity index (χ1v) is 10.2. The maximum atomic E-state index is 12.3. The van der Waals surface area contributed by atoms with E-state index >= 15 is 0 Å². The number of aryl methyl sites for hydroxylation is 1. The van der Waals surface area contributed by atoms with Gasteiger partial charge in [0.1, 0.15) is 0 Å². The summed E-state index contributed by atoms with van der Waals surface area (Å²) in [6.45, 7) is 5.52. The highest BCUT2D eigenvalue weighted by Gasteiger charge is 2.14. The van der Waals surface area contributed by atoms with Crippen molar-refractivity contribution in [2.75, 3.05) is 30.3 Å². The molecule has 0 spiro atoms. The van der Waals surface area contributed by atoms with Crippen molar-refractivity contribution in [1.29, 1.82) is 0 Å². The quantitative estimate of drug-likeness (QED) is 0.761. The molecule has 3 rings (SSSR count). The Hall–Kier alpha value is -2.82. The van der Waals surface area contributed by atoms with E-state index in [-0.39, 0.29) is 18.4 Å². The molecule has 5 heteroatoms. The van der Waals surface area contributed by atoms with Gasteiger partial charge in [0.25, 0.3) is 5.91 Å². The van der Waals surface area contributed by atoms with E-state index in [1.807, 2.05) is 19.9 Å². The van der Waals surface area contributed by atoms with Gasteiger partial charge in [-0.25, -0.2) is 0 Å². The summed E-state index contributed by atoms with van der Waals surface area (Å²) in [4.78, 5) is 26.4. The van der Waals surface area contributed by atoms with Crippen molar-refractivity contribution in [3.8, 4) is 0 Å². The Kier molecular flexibility index (Phi) is 6.69. The van der Waals surface area contributed by atoms with Crippen molar-refractivity contribution in [3.63, 3.8) is 0 Å². The van der Waals surface area contributed by atoms with E-state index in [1.54, 1.807) is 29.2 Å². The Morgan fingerprint density at radius 1 is 0.964 bits per heavy atom. The summed E-state index contributed by atoms with van der Waals surface area (Å²) in [6, 6.07) is 13.4. The summed E-state index contributed by atoms with van der Waals surface area (Å²) in [7, 11) is 0. The molecule has 0 unspecified atom stereocenters. The average Bonchev–Trinajstić information content (AvgIpc) is 2.73. The molecule has 5 nitrogen and oxygen atoms in total. The summed E-state index contributed by atoms with van der Waals surface area (Å²) < 4.78 is 0. The number of nitrogens with zero attached hydrogens (tertiary/aromatic N) is 1. The van der Waals surface area contributed by atoms with Crippen molar-refractivity contribution in [1.82, 2.24) is 4.90 Å². The number of carbonyl (C=O) groups is 2. The third kappa shape index (κ3) is 4.71. The summed E-state index contributed by atoms with van der Waals surface area (Å²) >= 11 is 0. The van der Waals surface area contributed by atoms with E-state index in [9.17, 15) is 9.59 Å². The minimum atomic E-state index is -0.101. The van der Waals surface area contributed by atoms with Crippen LogP contribution in [0, 0.1) is 0 Å². The number of benzene rings is 2. The minimum absolute atomic E-state index is 0.0124. The lowest BCUT2D eigenvalue weighted by Crippen LogP contribution is -2.30. The molecule has 0 radical (unpaired) electrons. The third-order valence-electron chi connectivity index (χ3n) is 5.30. The van der Waals surface area contributed by atoms with Crippen LogP contribution in [-0.4, -0.2) is 36.3 Å². The Morgan fingerprint density at radius 3 is 2.39 bits per heavy atom. The van der Waals surface area contributed by atoms with Gasteiger partial charge in [-0.1, -0.05) is 12.1 Å². The first-order chi connectivity index (χ1) is 13.6. The van der Waals surface area contributed by atoms with Crippen molar-refractivity contribution >= 4 is 23.2 Å². The lowest BCUT2D eigenvalue weighted by molar-refractivity contribution is -0.114. The molecular formula is C23H29N3O2. The SMILES string of the molecule is CCN(CC)C(=O)c1ccc(NC(=O)CNc2cccc3c2CCCC3)cc1. The molecule has 0 saturated carbocycles. The van der Waals surface area contributed by atoms with E-state index in [4.69, 9.17) is 0 Å². The van der Waals surface area contributed by atoms with Crippen LogP contribution in [0.2, 0.25) is 0 Å². The molecule has 148 valence electrons. The molecule has 0 heterocycles. The molecule has 0 bridgehead atoms. The van der Waals surface area contributed by atoms with Gasteiger partial charge in [0.05, 0.1) is 6.54 Å². The molecule has 0 saturated heterocycles. The zero-order valence-corrected chi connectivity index (χ0v) is 16.8. The normalized spacial score (nSPS) is 12.8. The van der Waals surface area contributed by atoms with Crippen LogP contribution >= 0.6 is 0 Å². The second kappa shape index (κ2) is 9.40. The van der Waals surface area contributed by atoms with Crippen molar-refractivity contribution in [3.05, 3.63) is 59.2 Å². The van der Waals surface area contributed by atoms with Gasteiger partial charge in [-0.3, -0.25) is 9.59 Å². The number of fused-ring (bicyclic) bond motifs is 1. The standard InChI is InChI=1S/C23H29N3O2/c1-3-26(4-2)23(28)18-12-14-19(15-13-18)25-22(27)16-24-21-11-7-9-17-8-5-6-10-20(17)21/h7,9,11-15,24H,3-6,8,10,16H2,1-2H3,(H,25,27).